The van der Waals surface area contributed by atoms with Crippen molar-refractivity contribution >= 4 is 28.1 Å². The fourth-order valence-corrected chi connectivity index (χ4v) is 2.30. The number of likely N-dealkylation sites (tertiary alicyclic amines) is 1. The minimum absolute atomic E-state index is 0.126. The van der Waals surface area contributed by atoms with Crippen LogP contribution < -0.4 is 20.7 Å². The molecule has 0 saturated carbocycles. The Morgan fingerprint density at radius 1 is 1.25 bits per heavy atom. The first-order valence-corrected chi connectivity index (χ1v) is 7.82. The monoisotopic (exact) mass is 359 g/mol. The minimum Gasteiger partial charge on any atom is -0.504 e. The molecule has 12 nitrogen and oxygen atoms in total. The summed E-state index contributed by atoms with van der Waals surface area (Å²) < 4.78 is 24.7. The van der Waals surface area contributed by atoms with Crippen molar-refractivity contribution in [1.82, 2.24) is 19.9 Å². The molecule has 4 amide bonds. The second-order valence-corrected chi connectivity index (χ2v) is 6.14. The number of amides is 4. The number of aromatic hydroxyl groups is 2. The molecule has 2 rings (SSSR count). The van der Waals surface area contributed by atoms with E-state index in [0.717, 1.165) is 18.2 Å². The highest BCUT2D eigenvalue weighted by atomic mass is 32.2. The molecule has 0 radical (unpaired) electrons. The van der Waals surface area contributed by atoms with Crippen LogP contribution in [0.15, 0.2) is 18.2 Å². The van der Waals surface area contributed by atoms with Crippen LogP contribution in [0.5, 0.6) is 11.5 Å². The molecule has 1 heterocycles. The maximum Gasteiger partial charge on any atom is 0.338 e. The highest BCUT2D eigenvalue weighted by Crippen LogP contribution is 2.24. The number of phenolic OH excluding ortho intramolecular Hbond substituents is 2. The summed E-state index contributed by atoms with van der Waals surface area (Å²) in [7, 11) is -4.49. The molecule has 24 heavy (non-hydrogen) atoms. The van der Waals surface area contributed by atoms with Crippen molar-refractivity contribution in [2.75, 3.05) is 6.54 Å². The normalized spacial score (nSPS) is 17.1. The van der Waals surface area contributed by atoms with E-state index in [2.05, 4.69) is 0 Å². The summed E-state index contributed by atoms with van der Waals surface area (Å²) in [6, 6.07) is 0.980. The number of hydrazine groups is 1. The van der Waals surface area contributed by atoms with Gasteiger partial charge in [0.1, 0.15) is 6.04 Å². The van der Waals surface area contributed by atoms with Gasteiger partial charge in [0.25, 0.3) is 5.91 Å². The van der Waals surface area contributed by atoms with Crippen molar-refractivity contribution in [1.29, 1.82) is 0 Å². The minimum atomic E-state index is -4.49. The number of rotatable bonds is 4. The van der Waals surface area contributed by atoms with Gasteiger partial charge in [0.15, 0.2) is 11.5 Å². The van der Waals surface area contributed by atoms with Crippen molar-refractivity contribution in [3.8, 4) is 11.5 Å². The average Bonchev–Trinajstić information content (AvgIpc) is 2.51. The Hall–Kier alpha value is -2.90. The first kappa shape index (κ1) is 17.5. The largest absolute Gasteiger partial charge is 0.504 e. The highest BCUT2D eigenvalue weighted by molar-refractivity contribution is 7.88. The Morgan fingerprint density at radius 3 is 2.46 bits per heavy atom. The summed E-state index contributed by atoms with van der Waals surface area (Å²) in [5.74, 6) is -2.74. The van der Waals surface area contributed by atoms with E-state index in [1.165, 1.54) is 4.72 Å². The smallest absolute Gasteiger partial charge is 0.338 e. The summed E-state index contributed by atoms with van der Waals surface area (Å²) in [6.07, 6.45) is 0. The topological polar surface area (TPSA) is 191 Å². The van der Waals surface area contributed by atoms with Gasteiger partial charge >= 0.3 is 16.2 Å². The van der Waals surface area contributed by atoms with E-state index in [1.54, 1.807) is 10.3 Å². The molecular weight excluding hydrogens is 346 g/mol. The lowest BCUT2D eigenvalue weighted by atomic mass is 10.1. The van der Waals surface area contributed by atoms with Gasteiger partial charge in [-0.05, 0) is 18.2 Å². The number of β-lactam (4-membered cyclic amide) rings is 1. The van der Waals surface area contributed by atoms with Crippen LogP contribution in [-0.2, 0) is 15.0 Å². The molecule has 7 N–H and O–H groups in total. The molecule has 1 aromatic rings. The van der Waals surface area contributed by atoms with Gasteiger partial charge < -0.3 is 15.9 Å². The summed E-state index contributed by atoms with van der Waals surface area (Å²) in [4.78, 5) is 36.6. The molecule has 0 spiro atoms. The number of hydrogen-bond donors (Lipinski definition) is 6. The van der Waals surface area contributed by atoms with E-state index < -0.39 is 45.6 Å². The zero-order valence-electron chi connectivity index (χ0n) is 11.9. The fourth-order valence-electron chi connectivity index (χ4n) is 1.68. The predicted octanol–water partition coefficient (Wildman–Crippen LogP) is -2.54. The number of nitrogens with two attached hydrogens (primary N) is 1. The van der Waals surface area contributed by atoms with E-state index in [4.69, 9.17) is 10.8 Å². The zero-order valence-corrected chi connectivity index (χ0v) is 12.7. The maximum atomic E-state index is 11.7. The molecule has 1 saturated heterocycles. The van der Waals surface area contributed by atoms with E-state index in [1.807, 2.05) is 0 Å². The Kier molecular flexibility index (Phi) is 4.59. The predicted molar refractivity (Wildman–Crippen MR) is 77.5 cm³/mol. The van der Waals surface area contributed by atoms with Crippen LogP contribution in [0.3, 0.4) is 0 Å². The van der Waals surface area contributed by atoms with Crippen molar-refractivity contribution in [2.24, 2.45) is 5.73 Å². The van der Waals surface area contributed by atoms with E-state index in [0.29, 0.717) is 4.90 Å². The Morgan fingerprint density at radius 2 is 1.92 bits per heavy atom. The van der Waals surface area contributed by atoms with Crippen LogP contribution in [0.4, 0.5) is 4.79 Å². The Balaban J connectivity index is 1.92. The third-order valence-corrected chi connectivity index (χ3v) is 3.78. The number of urea groups is 1. The van der Waals surface area contributed by atoms with Gasteiger partial charge in [0, 0.05) is 5.56 Å². The van der Waals surface area contributed by atoms with Crippen LogP contribution in [0.25, 0.3) is 0 Å². The number of benzene rings is 1. The Labute approximate surface area is 135 Å². The molecule has 0 bridgehead atoms. The van der Waals surface area contributed by atoms with Crippen molar-refractivity contribution in [3.05, 3.63) is 23.8 Å². The van der Waals surface area contributed by atoms with Crippen LogP contribution in [0, 0.1) is 0 Å². The maximum absolute atomic E-state index is 11.7. The number of nitrogens with one attached hydrogen (secondary N) is 3. The zero-order chi connectivity index (χ0) is 18.1. The van der Waals surface area contributed by atoms with Crippen molar-refractivity contribution < 1.29 is 33.0 Å². The van der Waals surface area contributed by atoms with Gasteiger partial charge in [0.2, 0.25) is 5.91 Å². The number of imide groups is 1. The molecule has 1 aliphatic heterocycles. The average molecular weight is 359 g/mol. The second kappa shape index (κ2) is 6.31. The first-order valence-electron chi connectivity index (χ1n) is 6.33. The molecule has 1 fully saturated rings. The summed E-state index contributed by atoms with van der Waals surface area (Å²) in [5, 5.41) is 18.4. The lowest BCUT2D eigenvalue weighted by Gasteiger charge is -2.33. The summed E-state index contributed by atoms with van der Waals surface area (Å²) in [6.45, 7) is -0.126. The summed E-state index contributed by atoms with van der Waals surface area (Å²) >= 11 is 0. The molecule has 0 aliphatic carbocycles. The molecule has 1 aliphatic rings. The van der Waals surface area contributed by atoms with E-state index in [9.17, 15) is 27.9 Å². The van der Waals surface area contributed by atoms with Gasteiger partial charge in [-0.3, -0.25) is 19.9 Å². The third-order valence-electron chi connectivity index (χ3n) is 2.97. The summed E-state index contributed by atoms with van der Waals surface area (Å²) in [5.41, 5.74) is 6.88. The van der Waals surface area contributed by atoms with Gasteiger partial charge in [-0.1, -0.05) is 0 Å². The molecule has 0 aromatic heterocycles. The first-order chi connectivity index (χ1) is 11.1. The van der Waals surface area contributed by atoms with Crippen molar-refractivity contribution in [2.45, 2.75) is 6.04 Å². The lowest BCUT2D eigenvalue weighted by molar-refractivity contribution is -0.137. The number of carbonyl (C=O) groups excluding carboxylic acids is 3. The third kappa shape index (κ3) is 3.70. The van der Waals surface area contributed by atoms with Gasteiger partial charge in [0.05, 0.1) is 6.54 Å². The highest BCUT2D eigenvalue weighted by Gasteiger charge is 2.39. The SMILES string of the molecule is N[C@H]1CN(C(=O)NS(=O)(=O)NNC(=O)c2ccc(O)c(O)c2)C1=O. The van der Waals surface area contributed by atoms with Gasteiger partial charge in [-0.25, -0.2) is 9.52 Å². The number of nitrogens with zero attached hydrogens (tertiary/aromatic N) is 1. The molecule has 1 atom stereocenters. The lowest BCUT2D eigenvalue weighted by Crippen LogP contribution is -2.66. The standard InChI is InChI=1S/C11H13N5O7S/c12-6-4-16(10(6)20)11(21)14-24(22,23)15-13-9(19)5-1-2-7(17)8(18)3-5/h1-3,6,15,17-18H,4,12H2,(H,13,19)(H,14,21)/t6-/m0/s1. The fraction of sp³-hybridized carbons (Fsp3) is 0.182. The van der Waals surface area contributed by atoms with Crippen LogP contribution >= 0.6 is 0 Å². The molecule has 130 valence electrons. The Bertz CT molecular complexity index is 809. The molecule has 13 heteroatoms. The van der Waals surface area contributed by atoms with Crippen LogP contribution in [-0.4, -0.2) is 54.0 Å². The van der Waals surface area contributed by atoms with Crippen molar-refractivity contribution in [3.63, 3.8) is 0 Å². The molecular formula is C11H13N5O7S. The van der Waals surface area contributed by atoms with Gasteiger partial charge in [-0.15, -0.1) is 4.83 Å². The quantitative estimate of drug-likeness (QED) is 0.192. The van der Waals surface area contributed by atoms with E-state index >= 15 is 0 Å². The number of carbonyl (C=O) groups is 3. The van der Waals surface area contributed by atoms with Gasteiger partial charge in [-0.2, -0.15) is 8.42 Å². The molecule has 0 unspecified atom stereocenters. The second-order valence-electron chi connectivity index (χ2n) is 4.73. The van der Waals surface area contributed by atoms with Crippen LogP contribution in [0.1, 0.15) is 10.4 Å². The molecule has 1 aromatic carbocycles. The van der Waals surface area contributed by atoms with Crippen LogP contribution in [0.2, 0.25) is 0 Å². The number of phenols is 2. The van der Waals surface area contributed by atoms with E-state index in [-0.39, 0.29) is 12.1 Å². The number of hydrogen-bond acceptors (Lipinski definition) is 8.